The van der Waals surface area contributed by atoms with Crippen molar-refractivity contribution >= 4 is 0 Å². The molecule has 0 amide bonds. The van der Waals surface area contributed by atoms with Gasteiger partial charge in [0.25, 0.3) is 0 Å². The molecule has 0 aliphatic heterocycles. The minimum absolute atomic E-state index is 0.207. The fourth-order valence-electron chi connectivity index (χ4n) is 0.449. The summed E-state index contributed by atoms with van der Waals surface area (Å²) in [5, 5.41) is 10.0. The highest BCUT2D eigenvalue weighted by molar-refractivity contribution is 4.94. The Labute approximate surface area is 60.2 Å². The Kier molecular flexibility index (Phi) is 4.20. The molecule has 0 aromatic heterocycles. The van der Waals surface area contributed by atoms with Gasteiger partial charge in [-0.2, -0.15) is 0 Å². The van der Waals surface area contributed by atoms with E-state index < -0.39 is 0 Å². The fraction of sp³-hybridized carbons (Fsp3) is 0.429. The topological polar surface area (TPSA) is 43.1 Å². The van der Waals surface area contributed by atoms with Crippen LogP contribution < -0.4 is 0 Å². The van der Waals surface area contributed by atoms with Gasteiger partial charge in [-0.1, -0.05) is 12.2 Å². The summed E-state index contributed by atoms with van der Waals surface area (Å²) in [6.45, 7) is 3.37. The third-order valence-electron chi connectivity index (χ3n) is 1.07. The highest BCUT2D eigenvalue weighted by Crippen LogP contribution is 1.95. The van der Waals surface area contributed by atoms with Crippen LogP contribution in [-0.4, -0.2) is 4.92 Å². The van der Waals surface area contributed by atoms with Crippen LogP contribution in [0.25, 0.3) is 0 Å². The molecule has 0 aromatic carbocycles. The SMILES string of the molecule is C/C=C\C/C=C(/C)[N+](=O)[O-]. The summed E-state index contributed by atoms with van der Waals surface area (Å²) in [7, 11) is 0. The predicted octanol–water partition coefficient (Wildman–Crippen LogP) is 2.13. The van der Waals surface area contributed by atoms with Crippen LogP contribution in [-0.2, 0) is 0 Å². The normalized spacial score (nSPS) is 12.4. The first-order chi connectivity index (χ1) is 4.68. The first-order valence-corrected chi connectivity index (χ1v) is 3.10. The third-order valence-corrected chi connectivity index (χ3v) is 1.07. The molecule has 0 spiro atoms. The van der Waals surface area contributed by atoms with Gasteiger partial charge in [0.05, 0.1) is 4.92 Å². The second-order valence-electron chi connectivity index (χ2n) is 1.91. The molecule has 3 heteroatoms. The third kappa shape index (κ3) is 3.83. The van der Waals surface area contributed by atoms with Crippen molar-refractivity contribution in [2.75, 3.05) is 0 Å². The predicted molar refractivity (Wildman–Crippen MR) is 40.2 cm³/mol. The summed E-state index contributed by atoms with van der Waals surface area (Å²) in [6.07, 6.45) is 5.96. The van der Waals surface area contributed by atoms with Crippen LogP contribution in [0.4, 0.5) is 0 Å². The zero-order valence-electron chi connectivity index (χ0n) is 6.20. The van der Waals surface area contributed by atoms with E-state index in [1.807, 2.05) is 19.1 Å². The molecule has 0 radical (unpaired) electrons. The largest absolute Gasteiger partial charge is 0.259 e. The number of allylic oxidation sites excluding steroid dienone is 4. The maximum absolute atomic E-state index is 10.0. The summed E-state index contributed by atoms with van der Waals surface area (Å²) in [5.41, 5.74) is 0.207. The first-order valence-electron chi connectivity index (χ1n) is 3.10. The van der Waals surface area contributed by atoms with E-state index in [1.165, 1.54) is 6.92 Å². The number of nitro groups is 1. The number of rotatable bonds is 3. The number of hydrogen-bond acceptors (Lipinski definition) is 2. The van der Waals surface area contributed by atoms with Crippen LogP contribution in [0.15, 0.2) is 23.9 Å². The van der Waals surface area contributed by atoms with Crippen molar-refractivity contribution in [2.45, 2.75) is 20.3 Å². The van der Waals surface area contributed by atoms with E-state index in [-0.39, 0.29) is 10.6 Å². The lowest BCUT2D eigenvalue weighted by atomic mass is 10.3. The van der Waals surface area contributed by atoms with Crippen molar-refractivity contribution in [2.24, 2.45) is 0 Å². The average Bonchev–Trinajstić information content (AvgIpc) is 1.88. The Balaban J connectivity index is 3.80. The minimum atomic E-state index is -0.385. The molecule has 10 heavy (non-hydrogen) atoms. The molecule has 0 N–H and O–H groups in total. The smallest absolute Gasteiger partial charge is 0.239 e. The highest BCUT2D eigenvalue weighted by Gasteiger charge is 1.97. The number of nitrogens with zero attached hydrogens (tertiary/aromatic N) is 1. The molecular formula is C7H11NO2. The maximum atomic E-state index is 10.0. The molecule has 0 fully saturated rings. The van der Waals surface area contributed by atoms with Gasteiger partial charge in [0.2, 0.25) is 5.70 Å². The van der Waals surface area contributed by atoms with E-state index in [0.717, 1.165) is 0 Å². The Hall–Kier alpha value is -1.12. The molecule has 0 heterocycles. The van der Waals surface area contributed by atoms with Crippen LogP contribution in [0.1, 0.15) is 20.3 Å². The lowest BCUT2D eigenvalue weighted by Gasteiger charge is -1.85. The molecular weight excluding hydrogens is 130 g/mol. The van der Waals surface area contributed by atoms with Crippen molar-refractivity contribution < 1.29 is 4.92 Å². The van der Waals surface area contributed by atoms with E-state index in [4.69, 9.17) is 0 Å². The van der Waals surface area contributed by atoms with Gasteiger partial charge in [0.15, 0.2) is 0 Å². The minimum Gasteiger partial charge on any atom is -0.259 e. The van der Waals surface area contributed by atoms with Crippen LogP contribution in [0, 0.1) is 10.1 Å². The first kappa shape index (κ1) is 8.88. The molecule has 0 atom stereocenters. The molecule has 0 bridgehead atoms. The lowest BCUT2D eigenvalue weighted by molar-refractivity contribution is -0.424. The number of hydrogen-bond donors (Lipinski definition) is 0. The second-order valence-corrected chi connectivity index (χ2v) is 1.91. The maximum Gasteiger partial charge on any atom is 0.239 e. The summed E-state index contributed by atoms with van der Waals surface area (Å²) in [6, 6.07) is 0. The second kappa shape index (κ2) is 4.73. The van der Waals surface area contributed by atoms with Crippen molar-refractivity contribution in [3.05, 3.63) is 34.0 Å². The zero-order chi connectivity index (χ0) is 7.98. The van der Waals surface area contributed by atoms with E-state index in [1.54, 1.807) is 6.08 Å². The van der Waals surface area contributed by atoms with Crippen molar-refractivity contribution in [3.8, 4) is 0 Å². The summed E-state index contributed by atoms with van der Waals surface area (Å²) >= 11 is 0. The molecule has 0 unspecified atom stereocenters. The average molecular weight is 141 g/mol. The van der Waals surface area contributed by atoms with Gasteiger partial charge < -0.3 is 0 Å². The standard InChI is InChI=1S/C7H11NO2/c1-3-4-5-6-7(2)8(9)10/h3-4,6H,5H2,1-2H3/b4-3-,7-6-. The fourth-order valence-corrected chi connectivity index (χ4v) is 0.449. The highest BCUT2D eigenvalue weighted by atomic mass is 16.6. The lowest BCUT2D eigenvalue weighted by Crippen LogP contribution is -1.92. The van der Waals surface area contributed by atoms with Crippen molar-refractivity contribution in [1.29, 1.82) is 0 Å². The Morgan fingerprint density at radius 3 is 2.70 bits per heavy atom. The van der Waals surface area contributed by atoms with Gasteiger partial charge in [-0.05, 0) is 19.4 Å². The molecule has 0 aliphatic carbocycles. The van der Waals surface area contributed by atoms with Crippen molar-refractivity contribution in [1.82, 2.24) is 0 Å². The molecule has 0 saturated carbocycles. The van der Waals surface area contributed by atoms with E-state index in [2.05, 4.69) is 0 Å². The van der Waals surface area contributed by atoms with Gasteiger partial charge in [-0.15, -0.1) is 0 Å². The van der Waals surface area contributed by atoms with Crippen LogP contribution in [0.3, 0.4) is 0 Å². The molecule has 56 valence electrons. The Morgan fingerprint density at radius 2 is 2.30 bits per heavy atom. The molecule has 0 rings (SSSR count). The van der Waals surface area contributed by atoms with Crippen LogP contribution >= 0.6 is 0 Å². The summed E-state index contributed by atoms with van der Waals surface area (Å²) < 4.78 is 0. The zero-order valence-corrected chi connectivity index (χ0v) is 6.20. The molecule has 0 aliphatic rings. The quantitative estimate of drug-likeness (QED) is 0.343. The van der Waals surface area contributed by atoms with Gasteiger partial charge in [-0.3, -0.25) is 10.1 Å². The van der Waals surface area contributed by atoms with E-state index >= 15 is 0 Å². The van der Waals surface area contributed by atoms with Gasteiger partial charge in [0, 0.05) is 6.92 Å². The van der Waals surface area contributed by atoms with Crippen LogP contribution in [0.5, 0.6) is 0 Å². The monoisotopic (exact) mass is 141 g/mol. The Morgan fingerprint density at radius 1 is 1.70 bits per heavy atom. The van der Waals surface area contributed by atoms with E-state index in [0.29, 0.717) is 6.42 Å². The summed E-state index contributed by atoms with van der Waals surface area (Å²) in [5.74, 6) is 0. The van der Waals surface area contributed by atoms with E-state index in [9.17, 15) is 10.1 Å². The molecule has 3 nitrogen and oxygen atoms in total. The van der Waals surface area contributed by atoms with Gasteiger partial charge >= 0.3 is 0 Å². The summed E-state index contributed by atoms with van der Waals surface area (Å²) in [4.78, 5) is 9.62. The van der Waals surface area contributed by atoms with Crippen molar-refractivity contribution in [3.63, 3.8) is 0 Å². The Bertz CT molecular complexity index is 170. The van der Waals surface area contributed by atoms with Crippen LogP contribution in [0.2, 0.25) is 0 Å². The van der Waals surface area contributed by atoms with Gasteiger partial charge in [-0.25, -0.2) is 0 Å². The van der Waals surface area contributed by atoms with Gasteiger partial charge in [0.1, 0.15) is 0 Å². The molecule has 0 aromatic rings. The molecule has 0 saturated heterocycles.